The number of hydrogen-bond donors (Lipinski definition) is 1. The fourth-order valence-corrected chi connectivity index (χ4v) is 0.785. The first-order valence-electron chi connectivity index (χ1n) is 3.35. The van der Waals surface area contributed by atoms with E-state index in [2.05, 4.69) is 6.07 Å². The Morgan fingerprint density at radius 2 is 2.22 bits per heavy atom. The number of hydrogen-bond acceptors (Lipinski definition) is 2. The SMILES string of the molecule is CCC(C#N)C(C)CN. The molecule has 0 saturated heterocycles. The van der Waals surface area contributed by atoms with Crippen molar-refractivity contribution in [2.24, 2.45) is 17.6 Å². The highest BCUT2D eigenvalue weighted by atomic mass is 14.5. The normalized spacial score (nSPS) is 16.2. The molecule has 0 rings (SSSR count). The molecule has 0 heterocycles. The minimum absolute atomic E-state index is 0.148. The van der Waals surface area contributed by atoms with Crippen LogP contribution >= 0.6 is 0 Å². The van der Waals surface area contributed by atoms with Gasteiger partial charge in [0.15, 0.2) is 0 Å². The van der Waals surface area contributed by atoms with Gasteiger partial charge >= 0.3 is 0 Å². The summed E-state index contributed by atoms with van der Waals surface area (Å²) in [4.78, 5) is 0. The van der Waals surface area contributed by atoms with Crippen LogP contribution in [0.5, 0.6) is 0 Å². The molecule has 2 heteroatoms. The van der Waals surface area contributed by atoms with Crippen molar-refractivity contribution in [1.82, 2.24) is 0 Å². The standard InChI is InChI=1S/C7H14N2/c1-3-7(5-9)6(2)4-8/h6-7H,3-4,8H2,1-2H3. The quantitative estimate of drug-likeness (QED) is 0.616. The van der Waals surface area contributed by atoms with Gasteiger partial charge in [0.2, 0.25) is 0 Å². The highest BCUT2D eigenvalue weighted by Gasteiger charge is 2.11. The molecule has 0 aliphatic rings. The maximum atomic E-state index is 8.52. The monoisotopic (exact) mass is 126 g/mol. The molecule has 2 atom stereocenters. The first kappa shape index (κ1) is 8.45. The highest BCUT2D eigenvalue weighted by molar-refractivity contribution is 4.85. The molecule has 9 heavy (non-hydrogen) atoms. The number of nitriles is 1. The van der Waals surface area contributed by atoms with E-state index in [0.717, 1.165) is 6.42 Å². The molecule has 2 nitrogen and oxygen atoms in total. The maximum Gasteiger partial charge on any atom is 0.0658 e. The van der Waals surface area contributed by atoms with Gasteiger partial charge in [-0.1, -0.05) is 13.8 Å². The minimum atomic E-state index is 0.148. The van der Waals surface area contributed by atoms with E-state index in [1.54, 1.807) is 0 Å². The van der Waals surface area contributed by atoms with Gasteiger partial charge in [-0.05, 0) is 18.9 Å². The van der Waals surface area contributed by atoms with Crippen molar-refractivity contribution >= 4 is 0 Å². The summed E-state index contributed by atoms with van der Waals surface area (Å²) in [6, 6.07) is 2.22. The molecular weight excluding hydrogens is 112 g/mol. The van der Waals surface area contributed by atoms with Gasteiger partial charge in [0, 0.05) is 5.92 Å². The van der Waals surface area contributed by atoms with E-state index in [1.807, 2.05) is 13.8 Å². The summed E-state index contributed by atoms with van der Waals surface area (Å²) in [5.74, 6) is 0.495. The van der Waals surface area contributed by atoms with Crippen LogP contribution in [0.2, 0.25) is 0 Å². The fourth-order valence-electron chi connectivity index (χ4n) is 0.785. The number of nitrogens with two attached hydrogens (primary N) is 1. The van der Waals surface area contributed by atoms with Gasteiger partial charge in [0.05, 0.1) is 6.07 Å². The smallest absolute Gasteiger partial charge is 0.0658 e. The molecule has 0 amide bonds. The Morgan fingerprint density at radius 1 is 1.67 bits per heavy atom. The van der Waals surface area contributed by atoms with Crippen LogP contribution in [0.25, 0.3) is 0 Å². The molecule has 0 radical (unpaired) electrons. The predicted molar refractivity (Wildman–Crippen MR) is 37.6 cm³/mol. The van der Waals surface area contributed by atoms with Gasteiger partial charge in [-0.3, -0.25) is 0 Å². The number of rotatable bonds is 3. The second-order valence-electron chi connectivity index (χ2n) is 2.36. The second kappa shape index (κ2) is 4.34. The summed E-state index contributed by atoms with van der Waals surface area (Å²) in [6.45, 7) is 4.64. The van der Waals surface area contributed by atoms with Crippen molar-refractivity contribution in [1.29, 1.82) is 5.26 Å². The van der Waals surface area contributed by atoms with Crippen molar-refractivity contribution in [2.45, 2.75) is 20.3 Å². The third-order valence-corrected chi connectivity index (χ3v) is 1.66. The summed E-state index contributed by atoms with van der Waals surface area (Å²) in [5, 5.41) is 8.52. The van der Waals surface area contributed by atoms with Crippen molar-refractivity contribution in [3.63, 3.8) is 0 Å². The summed E-state index contributed by atoms with van der Waals surface area (Å²) >= 11 is 0. The lowest BCUT2D eigenvalue weighted by Crippen LogP contribution is -2.18. The van der Waals surface area contributed by atoms with Crippen LogP contribution in [0.1, 0.15) is 20.3 Å². The van der Waals surface area contributed by atoms with E-state index in [0.29, 0.717) is 12.5 Å². The van der Waals surface area contributed by atoms with Crippen LogP contribution < -0.4 is 5.73 Å². The average molecular weight is 126 g/mol. The van der Waals surface area contributed by atoms with Gasteiger partial charge in [0.25, 0.3) is 0 Å². The zero-order valence-electron chi connectivity index (χ0n) is 6.09. The van der Waals surface area contributed by atoms with Crippen LogP contribution in [0.15, 0.2) is 0 Å². The van der Waals surface area contributed by atoms with Gasteiger partial charge in [-0.25, -0.2) is 0 Å². The third-order valence-electron chi connectivity index (χ3n) is 1.66. The first-order valence-corrected chi connectivity index (χ1v) is 3.35. The summed E-state index contributed by atoms with van der Waals surface area (Å²) in [7, 11) is 0. The molecule has 2 unspecified atom stereocenters. The Balaban J connectivity index is 3.68. The molecule has 0 fully saturated rings. The van der Waals surface area contributed by atoms with E-state index in [-0.39, 0.29) is 5.92 Å². The lowest BCUT2D eigenvalue weighted by molar-refractivity contribution is 0.436. The van der Waals surface area contributed by atoms with Crippen molar-refractivity contribution in [3.8, 4) is 6.07 Å². The summed E-state index contributed by atoms with van der Waals surface area (Å²) in [5.41, 5.74) is 5.37. The topological polar surface area (TPSA) is 49.8 Å². The van der Waals surface area contributed by atoms with Crippen molar-refractivity contribution < 1.29 is 0 Å². The van der Waals surface area contributed by atoms with Gasteiger partial charge in [0.1, 0.15) is 0 Å². The largest absolute Gasteiger partial charge is 0.330 e. The van der Waals surface area contributed by atoms with E-state index < -0.39 is 0 Å². The van der Waals surface area contributed by atoms with Crippen LogP contribution in [0, 0.1) is 23.2 Å². The van der Waals surface area contributed by atoms with E-state index in [9.17, 15) is 0 Å². The van der Waals surface area contributed by atoms with Crippen LogP contribution in [-0.2, 0) is 0 Å². The minimum Gasteiger partial charge on any atom is -0.330 e. The van der Waals surface area contributed by atoms with E-state index in [1.165, 1.54) is 0 Å². The molecule has 0 aromatic rings. The molecule has 0 aromatic carbocycles. The Kier molecular flexibility index (Phi) is 4.08. The Bertz CT molecular complexity index is 104. The second-order valence-corrected chi connectivity index (χ2v) is 2.36. The van der Waals surface area contributed by atoms with Gasteiger partial charge in [-0.15, -0.1) is 0 Å². The molecule has 0 saturated carbocycles. The molecular formula is C7H14N2. The van der Waals surface area contributed by atoms with Crippen LogP contribution in [0.4, 0.5) is 0 Å². The summed E-state index contributed by atoms with van der Waals surface area (Å²) in [6.07, 6.45) is 0.912. The Hall–Kier alpha value is -0.550. The van der Waals surface area contributed by atoms with Crippen molar-refractivity contribution in [2.75, 3.05) is 6.54 Å². The molecule has 0 aliphatic carbocycles. The van der Waals surface area contributed by atoms with E-state index >= 15 is 0 Å². The number of nitrogens with zero attached hydrogens (tertiary/aromatic N) is 1. The zero-order valence-corrected chi connectivity index (χ0v) is 6.09. The van der Waals surface area contributed by atoms with Gasteiger partial charge in [-0.2, -0.15) is 5.26 Å². The lowest BCUT2D eigenvalue weighted by atomic mass is 9.93. The first-order chi connectivity index (χ1) is 4.26. The molecule has 0 bridgehead atoms. The molecule has 0 aliphatic heterocycles. The van der Waals surface area contributed by atoms with Gasteiger partial charge < -0.3 is 5.73 Å². The van der Waals surface area contributed by atoms with Crippen LogP contribution in [-0.4, -0.2) is 6.54 Å². The predicted octanol–water partition coefficient (Wildman–Crippen LogP) is 1.13. The zero-order chi connectivity index (χ0) is 7.28. The maximum absolute atomic E-state index is 8.52. The highest BCUT2D eigenvalue weighted by Crippen LogP contribution is 2.11. The van der Waals surface area contributed by atoms with Crippen molar-refractivity contribution in [3.05, 3.63) is 0 Å². The Morgan fingerprint density at radius 3 is 2.33 bits per heavy atom. The summed E-state index contributed by atoms with van der Waals surface area (Å²) < 4.78 is 0. The molecule has 2 N–H and O–H groups in total. The third kappa shape index (κ3) is 2.48. The van der Waals surface area contributed by atoms with Crippen LogP contribution in [0.3, 0.4) is 0 Å². The average Bonchev–Trinajstić information content (AvgIpc) is 1.90. The molecule has 0 spiro atoms. The Labute approximate surface area is 56.7 Å². The molecule has 52 valence electrons. The van der Waals surface area contributed by atoms with E-state index in [4.69, 9.17) is 11.0 Å². The fraction of sp³-hybridized carbons (Fsp3) is 0.857. The molecule has 0 aromatic heterocycles. The lowest BCUT2D eigenvalue weighted by Gasteiger charge is -2.11.